The van der Waals surface area contributed by atoms with Gasteiger partial charge in [-0.05, 0) is 30.2 Å². The van der Waals surface area contributed by atoms with Gasteiger partial charge in [-0.25, -0.2) is 4.79 Å². The van der Waals surface area contributed by atoms with Gasteiger partial charge in [-0.3, -0.25) is 9.69 Å². The number of ketones is 1. The number of benzene rings is 2. The van der Waals surface area contributed by atoms with Crippen LogP contribution >= 0.6 is 0 Å². The fraction of sp³-hybridized carbons (Fsp3) is 0.364. The van der Waals surface area contributed by atoms with Crippen molar-refractivity contribution in [1.29, 1.82) is 0 Å². The smallest absolute Gasteiger partial charge is 0.325 e. The van der Waals surface area contributed by atoms with E-state index < -0.39 is 6.61 Å². The molecular formula is C22H26N2O5. The largest absolute Gasteiger partial charge is 0.495 e. The zero-order valence-corrected chi connectivity index (χ0v) is 16.8. The average Bonchev–Trinajstić information content (AvgIpc) is 2.77. The minimum absolute atomic E-state index is 0.118. The minimum Gasteiger partial charge on any atom is -0.495 e. The summed E-state index contributed by atoms with van der Waals surface area (Å²) in [6, 6.07) is 12.5. The number of hydrogen-bond acceptors (Lipinski definition) is 5. The Hall–Kier alpha value is -2.90. The SMILES string of the molecule is COc1ccc(C)cc1N(Cc1ccc(C(=O)CO)cc1)C(=O)N1CCOCC1. The summed E-state index contributed by atoms with van der Waals surface area (Å²) in [7, 11) is 1.58. The molecule has 0 radical (unpaired) electrons. The minimum atomic E-state index is -0.526. The standard InChI is InChI=1S/C22H26N2O5/c1-16-3-8-21(28-2)19(13-16)24(22(27)23-9-11-29-12-10-23)14-17-4-6-18(7-5-17)20(26)15-25/h3-8,13,25H,9-12,14-15H2,1-2H3. The van der Waals surface area contributed by atoms with E-state index in [1.165, 1.54) is 0 Å². The molecule has 1 fully saturated rings. The summed E-state index contributed by atoms with van der Waals surface area (Å²) in [6.45, 7) is 3.87. The second-order valence-electron chi connectivity index (χ2n) is 6.92. The zero-order chi connectivity index (χ0) is 20.8. The van der Waals surface area contributed by atoms with E-state index in [9.17, 15) is 9.59 Å². The number of aliphatic hydroxyl groups is 1. The normalized spacial score (nSPS) is 13.8. The van der Waals surface area contributed by atoms with Gasteiger partial charge >= 0.3 is 6.03 Å². The third kappa shape index (κ3) is 4.93. The maximum atomic E-state index is 13.4. The molecule has 1 aliphatic rings. The monoisotopic (exact) mass is 398 g/mol. The van der Waals surface area contributed by atoms with Crippen molar-refractivity contribution in [3.05, 3.63) is 59.2 Å². The summed E-state index contributed by atoms with van der Waals surface area (Å²) < 4.78 is 10.9. The number of aryl methyl sites for hydroxylation is 1. The van der Waals surface area contributed by atoms with Crippen LogP contribution in [0.15, 0.2) is 42.5 Å². The van der Waals surface area contributed by atoms with E-state index in [0.717, 1.165) is 11.1 Å². The Kier molecular flexibility index (Phi) is 6.85. The number of rotatable bonds is 6. The first-order valence-electron chi connectivity index (χ1n) is 9.55. The molecule has 0 unspecified atom stereocenters. The number of aliphatic hydroxyl groups excluding tert-OH is 1. The molecule has 154 valence electrons. The van der Waals surface area contributed by atoms with E-state index >= 15 is 0 Å². The van der Waals surface area contributed by atoms with Gasteiger partial charge in [0.25, 0.3) is 0 Å². The molecule has 7 heteroatoms. The van der Waals surface area contributed by atoms with Gasteiger partial charge in [-0.1, -0.05) is 30.3 Å². The molecule has 2 amide bonds. The highest BCUT2D eigenvalue weighted by Crippen LogP contribution is 2.31. The average molecular weight is 398 g/mol. The predicted octanol–water partition coefficient (Wildman–Crippen LogP) is 2.64. The molecule has 7 nitrogen and oxygen atoms in total. The summed E-state index contributed by atoms with van der Waals surface area (Å²) in [5, 5.41) is 9.02. The van der Waals surface area contributed by atoms with E-state index in [-0.39, 0.29) is 11.8 Å². The number of hydrogen-bond donors (Lipinski definition) is 1. The molecule has 2 aromatic carbocycles. The van der Waals surface area contributed by atoms with Crippen molar-refractivity contribution in [3.63, 3.8) is 0 Å². The number of carbonyl (C=O) groups is 2. The number of amides is 2. The van der Waals surface area contributed by atoms with Gasteiger partial charge in [0, 0.05) is 18.7 Å². The first-order chi connectivity index (χ1) is 14.0. The van der Waals surface area contributed by atoms with Crippen LogP contribution in [-0.4, -0.2) is 61.8 Å². The maximum absolute atomic E-state index is 13.4. The highest BCUT2D eigenvalue weighted by molar-refractivity contribution is 5.97. The zero-order valence-electron chi connectivity index (χ0n) is 16.8. The lowest BCUT2D eigenvalue weighted by Gasteiger charge is -2.33. The second-order valence-corrected chi connectivity index (χ2v) is 6.92. The van der Waals surface area contributed by atoms with Crippen LogP contribution in [0.4, 0.5) is 10.5 Å². The lowest BCUT2D eigenvalue weighted by molar-refractivity contribution is 0.0547. The van der Waals surface area contributed by atoms with Crippen LogP contribution in [0.1, 0.15) is 21.5 Å². The van der Waals surface area contributed by atoms with E-state index in [0.29, 0.717) is 49.8 Å². The number of nitrogens with zero attached hydrogens (tertiary/aromatic N) is 2. The molecule has 3 rings (SSSR count). The van der Waals surface area contributed by atoms with Crippen LogP contribution in [0.3, 0.4) is 0 Å². The van der Waals surface area contributed by atoms with E-state index in [4.69, 9.17) is 14.6 Å². The van der Waals surface area contributed by atoms with Crippen molar-refractivity contribution in [2.24, 2.45) is 0 Å². The van der Waals surface area contributed by atoms with E-state index in [1.54, 1.807) is 41.2 Å². The van der Waals surface area contributed by atoms with Gasteiger partial charge in [0.2, 0.25) is 0 Å². The third-order valence-electron chi connectivity index (χ3n) is 4.90. The number of urea groups is 1. The Morgan fingerprint density at radius 3 is 2.45 bits per heavy atom. The fourth-order valence-corrected chi connectivity index (χ4v) is 3.26. The molecule has 0 spiro atoms. The Bertz CT molecular complexity index is 860. The number of anilines is 1. The topological polar surface area (TPSA) is 79.3 Å². The second kappa shape index (κ2) is 9.54. The summed E-state index contributed by atoms with van der Waals surface area (Å²) >= 11 is 0. The fourth-order valence-electron chi connectivity index (χ4n) is 3.26. The molecular weight excluding hydrogens is 372 g/mol. The molecule has 1 N–H and O–H groups in total. The Morgan fingerprint density at radius 1 is 1.14 bits per heavy atom. The van der Waals surface area contributed by atoms with Gasteiger partial charge < -0.3 is 19.5 Å². The van der Waals surface area contributed by atoms with Crippen LogP contribution in [0.25, 0.3) is 0 Å². The van der Waals surface area contributed by atoms with Gasteiger partial charge in [0.05, 0.1) is 32.6 Å². The molecule has 1 heterocycles. The molecule has 2 aromatic rings. The molecule has 0 bridgehead atoms. The highest BCUT2D eigenvalue weighted by Gasteiger charge is 2.26. The van der Waals surface area contributed by atoms with Crippen molar-refractivity contribution in [1.82, 2.24) is 4.90 Å². The molecule has 0 aromatic heterocycles. The van der Waals surface area contributed by atoms with Crippen molar-refractivity contribution >= 4 is 17.5 Å². The van der Waals surface area contributed by atoms with Gasteiger partial charge in [0.1, 0.15) is 12.4 Å². The molecule has 1 saturated heterocycles. The van der Waals surface area contributed by atoms with Crippen LogP contribution in [0, 0.1) is 6.92 Å². The molecule has 1 aliphatic heterocycles. The van der Waals surface area contributed by atoms with Crippen molar-refractivity contribution in [2.75, 3.05) is 44.9 Å². The number of methoxy groups -OCH3 is 1. The predicted molar refractivity (Wildman–Crippen MR) is 110 cm³/mol. The van der Waals surface area contributed by atoms with Gasteiger partial charge in [-0.2, -0.15) is 0 Å². The summed E-state index contributed by atoms with van der Waals surface area (Å²) in [4.78, 5) is 28.5. The molecule has 0 aliphatic carbocycles. The van der Waals surface area contributed by atoms with Crippen LogP contribution in [0.5, 0.6) is 5.75 Å². The lowest BCUT2D eigenvalue weighted by atomic mass is 10.1. The van der Waals surface area contributed by atoms with Crippen molar-refractivity contribution in [3.8, 4) is 5.75 Å². The maximum Gasteiger partial charge on any atom is 0.325 e. The van der Waals surface area contributed by atoms with E-state index in [2.05, 4.69) is 0 Å². The van der Waals surface area contributed by atoms with Crippen LogP contribution < -0.4 is 9.64 Å². The molecule has 0 saturated carbocycles. The quantitative estimate of drug-likeness (QED) is 0.757. The summed E-state index contributed by atoms with van der Waals surface area (Å²) in [6.07, 6.45) is 0. The number of Topliss-reactive ketones (excluding diaryl/α,β-unsaturated/α-hetero) is 1. The number of ether oxygens (including phenoxy) is 2. The summed E-state index contributed by atoms with van der Waals surface area (Å²) in [5.41, 5.74) is 3.02. The number of morpholine rings is 1. The Balaban J connectivity index is 1.93. The van der Waals surface area contributed by atoms with Gasteiger partial charge in [0.15, 0.2) is 5.78 Å². The van der Waals surface area contributed by atoms with Crippen molar-refractivity contribution < 1.29 is 24.2 Å². The van der Waals surface area contributed by atoms with Gasteiger partial charge in [-0.15, -0.1) is 0 Å². The Morgan fingerprint density at radius 2 is 1.83 bits per heavy atom. The van der Waals surface area contributed by atoms with E-state index in [1.807, 2.05) is 25.1 Å². The first-order valence-corrected chi connectivity index (χ1v) is 9.55. The third-order valence-corrected chi connectivity index (χ3v) is 4.90. The highest BCUT2D eigenvalue weighted by atomic mass is 16.5. The summed E-state index contributed by atoms with van der Waals surface area (Å²) in [5.74, 6) is 0.280. The van der Waals surface area contributed by atoms with Crippen LogP contribution in [-0.2, 0) is 11.3 Å². The first kappa shape index (κ1) is 20.8. The number of carbonyl (C=O) groups excluding carboxylic acids is 2. The lowest BCUT2D eigenvalue weighted by Crippen LogP contribution is -2.48. The molecule has 0 atom stereocenters. The van der Waals surface area contributed by atoms with Crippen LogP contribution in [0.2, 0.25) is 0 Å². The van der Waals surface area contributed by atoms with Crippen molar-refractivity contribution in [2.45, 2.75) is 13.5 Å². The Labute approximate surface area is 170 Å². The molecule has 29 heavy (non-hydrogen) atoms.